The molecule has 1 aromatic carbocycles. The highest BCUT2D eigenvalue weighted by Crippen LogP contribution is 2.40. The van der Waals surface area contributed by atoms with E-state index in [1.165, 1.54) is 16.2 Å². The predicted molar refractivity (Wildman–Crippen MR) is 115 cm³/mol. The lowest BCUT2D eigenvalue weighted by atomic mass is 10.1. The number of hydrogen-bond donors (Lipinski definition) is 2. The molecule has 1 aliphatic heterocycles. The summed E-state index contributed by atoms with van der Waals surface area (Å²) in [5, 5.41) is 3.53. The van der Waals surface area contributed by atoms with Crippen LogP contribution < -0.4 is 10.2 Å². The van der Waals surface area contributed by atoms with Gasteiger partial charge >= 0.3 is 5.97 Å². The predicted octanol–water partition coefficient (Wildman–Crippen LogP) is 2.53. The molecule has 6 nitrogen and oxygen atoms in total. The monoisotopic (exact) mass is 417 g/mol. The van der Waals surface area contributed by atoms with Gasteiger partial charge in [0, 0.05) is 4.88 Å². The van der Waals surface area contributed by atoms with Crippen LogP contribution in [0.5, 0.6) is 0 Å². The molecule has 0 unspecified atom stereocenters. The summed E-state index contributed by atoms with van der Waals surface area (Å²) < 4.78 is 11.0. The van der Waals surface area contributed by atoms with Gasteiger partial charge in [0.1, 0.15) is 30.3 Å². The molecule has 0 bridgehead atoms. The standard InChI is InChI=1S/C22H28N2O4S/c1-5-27-22(26)19-16(4)20(17-9-7-6-8-10-17)29-21(19)23-18(25)13-24-11-14(2)28-15(3)12-24/h6-10,14-15H,5,11-13H2,1-4H3,(H,23,25)/p+1/t14-,15-/m1/s1. The molecule has 2 aromatic rings. The molecule has 2 atom stereocenters. The molecule has 1 fully saturated rings. The summed E-state index contributed by atoms with van der Waals surface area (Å²) >= 11 is 1.42. The zero-order chi connectivity index (χ0) is 21.0. The first-order chi connectivity index (χ1) is 13.9. The number of anilines is 1. The van der Waals surface area contributed by atoms with Crippen LogP contribution in [0.15, 0.2) is 30.3 Å². The van der Waals surface area contributed by atoms with E-state index in [2.05, 4.69) is 5.32 Å². The minimum atomic E-state index is -0.403. The van der Waals surface area contributed by atoms with Crippen LogP contribution in [0.1, 0.15) is 36.7 Å². The molecule has 1 aromatic heterocycles. The molecule has 0 spiro atoms. The fraction of sp³-hybridized carbons (Fsp3) is 0.455. The molecule has 2 N–H and O–H groups in total. The zero-order valence-electron chi connectivity index (χ0n) is 17.4. The summed E-state index contributed by atoms with van der Waals surface area (Å²) in [5.41, 5.74) is 2.29. The summed E-state index contributed by atoms with van der Waals surface area (Å²) in [6.07, 6.45) is 0.260. The van der Waals surface area contributed by atoms with Crippen LogP contribution in [0.4, 0.5) is 5.00 Å². The number of rotatable bonds is 6. The summed E-state index contributed by atoms with van der Waals surface area (Å²) in [4.78, 5) is 27.5. The van der Waals surface area contributed by atoms with Gasteiger partial charge in [0.05, 0.1) is 12.2 Å². The van der Waals surface area contributed by atoms with Gasteiger partial charge in [-0.25, -0.2) is 4.79 Å². The Bertz CT molecular complexity index is 855. The SMILES string of the molecule is CCOC(=O)c1c(NC(=O)C[NH+]2C[C@@H](C)O[C@H](C)C2)sc(-c2ccccc2)c1C. The number of quaternary nitrogens is 1. The van der Waals surface area contributed by atoms with Gasteiger partial charge in [-0.2, -0.15) is 0 Å². The topological polar surface area (TPSA) is 69.1 Å². The molecule has 3 rings (SSSR count). The Hall–Kier alpha value is -2.22. The van der Waals surface area contributed by atoms with Crippen LogP contribution >= 0.6 is 11.3 Å². The van der Waals surface area contributed by atoms with Gasteiger partial charge < -0.3 is 19.7 Å². The van der Waals surface area contributed by atoms with E-state index >= 15 is 0 Å². The van der Waals surface area contributed by atoms with Gasteiger partial charge in [0.25, 0.3) is 5.91 Å². The third kappa shape index (κ3) is 5.23. The highest BCUT2D eigenvalue weighted by atomic mass is 32.1. The number of hydrogen-bond acceptors (Lipinski definition) is 5. The minimum absolute atomic E-state index is 0.104. The lowest BCUT2D eigenvalue weighted by molar-refractivity contribution is -0.907. The van der Waals surface area contributed by atoms with Crippen molar-refractivity contribution in [1.29, 1.82) is 0 Å². The minimum Gasteiger partial charge on any atom is -0.462 e. The van der Waals surface area contributed by atoms with Crippen molar-refractivity contribution in [2.75, 3.05) is 31.6 Å². The molecular formula is C22H29N2O4S+. The first-order valence-electron chi connectivity index (χ1n) is 10.0. The fourth-order valence-corrected chi connectivity index (χ4v) is 5.06. The summed E-state index contributed by atoms with van der Waals surface area (Å²) in [6, 6.07) is 9.87. The van der Waals surface area contributed by atoms with Crippen LogP contribution in [0.25, 0.3) is 10.4 Å². The molecule has 7 heteroatoms. The normalized spacial score (nSPS) is 21.6. The first-order valence-corrected chi connectivity index (χ1v) is 10.9. The molecular weight excluding hydrogens is 388 g/mol. The van der Waals surface area contributed by atoms with E-state index in [0.29, 0.717) is 17.1 Å². The van der Waals surface area contributed by atoms with E-state index in [-0.39, 0.29) is 24.7 Å². The number of thiophene rings is 1. The van der Waals surface area contributed by atoms with Crippen LogP contribution in [0.3, 0.4) is 0 Å². The molecule has 156 valence electrons. The van der Waals surface area contributed by atoms with Crippen molar-refractivity contribution >= 4 is 28.2 Å². The van der Waals surface area contributed by atoms with Gasteiger partial charge in [-0.3, -0.25) is 4.79 Å². The Balaban J connectivity index is 1.83. The van der Waals surface area contributed by atoms with Gasteiger partial charge in [0.2, 0.25) is 0 Å². The fourth-order valence-electron chi connectivity index (χ4n) is 3.85. The second-order valence-corrected chi connectivity index (χ2v) is 8.51. The zero-order valence-corrected chi connectivity index (χ0v) is 18.2. The van der Waals surface area contributed by atoms with Crippen molar-refractivity contribution < 1.29 is 24.0 Å². The van der Waals surface area contributed by atoms with E-state index in [1.54, 1.807) is 6.92 Å². The number of morpholine rings is 1. The lowest BCUT2D eigenvalue weighted by Gasteiger charge is -2.31. The second-order valence-electron chi connectivity index (χ2n) is 7.49. The van der Waals surface area contributed by atoms with Crippen molar-refractivity contribution in [2.24, 2.45) is 0 Å². The molecule has 0 radical (unpaired) electrons. The quantitative estimate of drug-likeness (QED) is 0.709. The molecule has 1 saturated heterocycles. The Kier molecular flexibility index (Phi) is 7.05. The maximum atomic E-state index is 12.8. The highest BCUT2D eigenvalue weighted by molar-refractivity contribution is 7.20. The maximum absolute atomic E-state index is 12.8. The number of ether oxygens (including phenoxy) is 2. The molecule has 1 amide bonds. The van der Waals surface area contributed by atoms with Crippen molar-refractivity contribution in [3.8, 4) is 10.4 Å². The first kappa shape index (κ1) is 21.5. The van der Waals surface area contributed by atoms with E-state index in [4.69, 9.17) is 9.47 Å². The van der Waals surface area contributed by atoms with Crippen molar-refractivity contribution in [3.05, 3.63) is 41.5 Å². The third-order valence-electron chi connectivity index (χ3n) is 4.94. The Morgan fingerprint density at radius 1 is 1.21 bits per heavy atom. The average molecular weight is 418 g/mol. The smallest absolute Gasteiger partial charge is 0.341 e. The van der Waals surface area contributed by atoms with Crippen molar-refractivity contribution in [1.82, 2.24) is 0 Å². The molecule has 0 aliphatic carbocycles. The third-order valence-corrected chi connectivity index (χ3v) is 6.20. The second kappa shape index (κ2) is 9.52. The van der Waals surface area contributed by atoms with E-state index in [9.17, 15) is 9.59 Å². The van der Waals surface area contributed by atoms with E-state index in [0.717, 1.165) is 29.1 Å². The molecule has 1 aliphatic rings. The average Bonchev–Trinajstić information content (AvgIpc) is 2.97. The van der Waals surface area contributed by atoms with Gasteiger partial charge in [-0.1, -0.05) is 30.3 Å². The Morgan fingerprint density at radius 2 is 1.86 bits per heavy atom. The van der Waals surface area contributed by atoms with Crippen LogP contribution in [-0.4, -0.2) is 50.3 Å². The summed E-state index contributed by atoms with van der Waals surface area (Å²) in [7, 11) is 0. The highest BCUT2D eigenvalue weighted by Gasteiger charge is 2.29. The number of benzene rings is 1. The summed E-state index contributed by atoms with van der Waals surface area (Å²) in [5.74, 6) is -0.507. The van der Waals surface area contributed by atoms with Crippen LogP contribution in [0.2, 0.25) is 0 Å². The maximum Gasteiger partial charge on any atom is 0.341 e. The van der Waals surface area contributed by atoms with E-state index in [1.807, 2.05) is 51.1 Å². The lowest BCUT2D eigenvalue weighted by Crippen LogP contribution is -3.16. The molecule has 0 saturated carbocycles. The Labute approximate surface area is 175 Å². The molecule has 2 heterocycles. The number of nitrogens with one attached hydrogen (secondary N) is 2. The van der Waals surface area contributed by atoms with Crippen molar-refractivity contribution in [2.45, 2.75) is 39.9 Å². The van der Waals surface area contributed by atoms with Gasteiger partial charge in [0.15, 0.2) is 6.54 Å². The number of carbonyl (C=O) groups is 2. The number of amides is 1. The Morgan fingerprint density at radius 3 is 2.48 bits per heavy atom. The largest absolute Gasteiger partial charge is 0.462 e. The van der Waals surface area contributed by atoms with Crippen LogP contribution in [0, 0.1) is 6.92 Å². The number of esters is 1. The molecule has 29 heavy (non-hydrogen) atoms. The van der Waals surface area contributed by atoms with Gasteiger partial charge in [-0.15, -0.1) is 11.3 Å². The van der Waals surface area contributed by atoms with E-state index < -0.39 is 5.97 Å². The number of carbonyl (C=O) groups excluding carboxylic acids is 2. The summed E-state index contributed by atoms with van der Waals surface area (Å²) in [6.45, 7) is 9.95. The van der Waals surface area contributed by atoms with Crippen molar-refractivity contribution in [3.63, 3.8) is 0 Å². The van der Waals surface area contributed by atoms with Gasteiger partial charge in [-0.05, 0) is 38.8 Å². The van der Waals surface area contributed by atoms with Crippen LogP contribution in [-0.2, 0) is 14.3 Å².